The third-order valence-corrected chi connectivity index (χ3v) is 4.24. The van der Waals surface area contributed by atoms with Gasteiger partial charge in [0.1, 0.15) is 5.54 Å². The van der Waals surface area contributed by atoms with E-state index in [9.17, 15) is 9.90 Å². The SMILES string of the molecule is CCC1(C)CC(NCC2CC2)(C(=O)O)CCO1. The van der Waals surface area contributed by atoms with E-state index in [1.54, 1.807) is 0 Å². The fraction of sp³-hybridized carbons (Fsp3) is 0.923. The van der Waals surface area contributed by atoms with Crippen molar-refractivity contribution in [1.82, 2.24) is 5.32 Å². The van der Waals surface area contributed by atoms with Crippen molar-refractivity contribution in [3.8, 4) is 0 Å². The second-order valence-corrected chi connectivity index (χ2v) is 5.79. The molecule has 98 valence electrons. The minimum atomic E-state index is -0.772. The first kappa shape index (κ1) is 12.8. The number of carboxylic acid groups (broad SMARTS) is 1. The molecule has 2 unspecified atom stereocenters. The van der Waals surface area contributed by atoms with Gasteiger partial charge in [-0.1, -0.05) is 6.92 Å². The van der Waals surface area contributed by atoms with Crippen LogP contribution in [0.4, 0.5) is 0 Å². The van der Waals surface area contributed by atoms with Gasteiger partial charge in [0, 0.05) is 13.0 Å². The molecule has 1 aliphatic heterocycles. The first-order valence-electron chi connectivity index (χ1n) is 6.62. The highest BCUT2D eigenvalue weighted by Crippen LogP contribution is 2.36. The maximum atomic E-state index is 11.6. The Morgan fingerprint density at radius 3 is 2.76 bits per heavy atom. The minimum absolute atomic E-state index is 0.298. The van der Waals surface area contributed by atoms with Gasteiger partial charge >= 0.3 is 5.97 Å². The normalized spacial score (nSPS) is 38.0. The molecule has 0 bridgehead atoms. The summed E-state index contributed by atoms with van der Waals surface area (Å²) in [4.78, 5) is 11.6. The van der Waals surface area contributed by atoms with E-state index in [0.29, 0.717) is 25.4 Å². The Balaban J connectivity index is 2.06. The van der Waals surface area contributed by atoms with E-state index < -0.39 is 11.5 Å². The summed E-state index contributed by atoms with van der Waals surface area (Å²) in [6.45, 7) is 5.45. The first-order valence-corrected chi connectivity index (χ1v) is 6.62. The smallest absolute Gasteiger partial charge is 0.324 e. The Morgan fingerprint density at radius 1 is 1.53 bits per heavy atom. The number of rotatable bonds is 5. The van der Waals surface area contributed by atoms with E-state index in [0.717, 1.165) is 13.0 Å². The van der Waals surface area contributed by atoms with Crippen molar-refractivity contribution in [3.05, 3.63) is 0 Å². The number of ether oxygens (including phenoxy) is 1. The molecule has 2 atom stereocenters. The van der Waals surface area contributed by atoms with Crippen molar-refractivity contribution in [2.24, 2.45) is 5.92 Å². The van der Waals surface area contributed by atoms with Crippen LogP contribution >= 0.6 is 0 Å². The highest BCUT2D eigenvalue weighted by atomic mass is 16.5. The van der Waals surface area contributed by atoms with E-state index in [2.05, 4.69) is 12.2 Å². The average Bonchev–Trinajstić information content (AvgIpc) is 3.10. The van der Waals surface area contributed by atoms with E-state index in [4.69, 9.17) is 4.74 Å². The summed E-state index contributed by atoms with van der Waals surface area (Å²) in [5.74, 6) is -0.0249. The Labute approximate surface area is 103 Å². The van der Waals surface area contributed by atoms with Crippen molar-refractivity contribution in [3.63, 3.8) is 0 Å². The molecule has 1 aliphatic carbocycles. The lowest BCUT2D eigenvalue weighted by atomic mass is 9.79. The summed E-state index contributed by atoms with van der Waals surface area (Å²) >= 11 is 0. The van der Waals surface area contributed by atoms with Gasteiger partial charge in [0.2, 0.25) is 0 Å². The first-order chi connectivity index (χ1) is 8.00. The van der Waals surface area contributed by atoms with Gasteiger partial charge in [-0.25, -0.2) is 0 Å². The largest absolute Gasteiger partial charge is 0.480 e. The summed E-state index contributed by atoms with van der Waals surface area (Å²) in [5, 5.41) is 12.8. The van der Waals surface area contributed by atoms with Gasteiger partial charge in [0.25, 0.3) is 0 Å². The standard InChI is InChI=1S/C13H23NO3/c1-3-12(2)9-13(11(15)16,6-7-17-12)14-8-10-4-5-10/h10,14H,3-9H2,1-2H3,(H,15,16). The molecule has 0 aromatic rings. The molecule has 0 amide bonds. The third kappa shape index (κ3) is 2.80. The van der Waals surface area contributed by atoms with Crippen LogP contribution in [0.25, 0.3) is 0 Å². The molecule has 2 N–H and O–H groups in total. The molecule has 1 saturated heterocycles. The lowest BCUT2D eigenvalue weighted by Crippen LogP contribution is -2.60. The Morgan fingerprint density at radius 2 is 2.24 bits per heavy atom. The summed E-state index contributed by atoms with van der Waals surface area (Å²) in [6.07, 6.45) is 4.48. The summed E-state index contributed by atoms with van der Waals surface area (Å²) in [7, 11) is 0. The second kappa shape index (κ2) is 4.58. The molecular weight excluding hydrogens is 218 g/mol. The maximum Gasteiger partial charge on any atom is 0.324 e. The molecule has 2 rings (SSSR count). The van der Waals surface area contributed by atoms with Crippen molar-refractivity contribution >= 4 is 5.97 Å². The van der Waals surface area contributed by atoms with Crippen LogP contribution in [0.1, 0.15) is 46.0 Å². The Kier molecular flexibility index (Phi) is 3.46. The van der Waals surface area contributed by atoms with Gasteiger partial charge in [-0.15, -0.1) is 0 Å². The number of hydrogen-bond donors (Lipinski definition) is 2. The van der Waals surface area contributed by atoms with Crippen molar-refractivity contribution in [1.29, 1.82) is 0 Å². The second-order valence-electron chi connectivity index (χ2n) is 5.79. The van der Waals surface area contributed by atoms with Gasteiger partial charge in [-0.05, 0) is 45.1 Å². The molecule has 0 aromatic carbocycles. The van der Waals surface area contributed by atoms with Crippen molar-refractivity contribution in [2.75, 3.05) is 13.2 Å². The van der Waals surface area contributed by atoms with Crippen LogP contribution in [0.3, 0.4) is 0 Å². The van der Waals surface area contributed by atoms with Crippen LogP contribution in [0.2, 0.25) is 0 Å². The average molecular weight is 241 g/mol. The molecule has 0 spiro atoms. The van der Waals surface area contributed by atoms with E-state index in [1.807, 2.05) is 6.92 Å². The third-order valence-electron chi connectivity index (χ3n) is 4.24. The molecule has 0 aromatic heterocycles. The summed E-state index contributed by atoms with van der Waals surface area (Å²) in [6, 6.07) is 0. The molecular formula is C13H23NO3. The van der Waals surface area contributed by atoms with Crippen LogP contribution in [-0.4, -0.2) is 35.4 Å². The van der Waals surface area contributed by atoms with Crippen molar-refractivity contribution in [2.45, 2.75) is 57.1 Å². The number of nitrogens with one attached hydrogen (secondary N) is 1. The Bertz CT molecular complexity index is 303. The number of aliphatic carboxylic acids is 1. The van der Waals surface area contributed by atoms with Gasteiger partial charge in [-0.3, -0.25) is 4.79 Å². The van der Waals surface area contributed by atoms with Crippen LogP contribution in [0.5, 0.6) is 0 Å². The summed E-state index contributed by atoms with van der Waals surface area (Å²) < 4.78 is 5.74. The monoisotopic (exact) mass is 241 g/mol. The number of carbonyl (C=O) groups is 1. The fourth-order valence-corrected chi connectivity index (χ4v) is 2.55. The topological polar surface area (TPSA) is 58.6 Å². The lowest BCUT2D eigenvalue weighted by Gasteiger charge is -2.44. The molecule has 17 heavy (non-hydrogen) atoms. The van der Waals surface area contributed by atoms with Gasteiger partial charge in [0.05, 0.1) is 5.60 Å². The van der Waals surface area contributed by atoms with E-state index in [1.165, 1.54) is 12.8 Å². The zero-order valence-corrected chi connectivity index (χ0v) is 10.8. The predicted molar refractivity (Wildman–Crippen MR) is 65.0 cm³/mol. The van der Waals surface area contributed by atoms with Crippen LogP contribution < -0.4 is 5.32 Å². The highest BCUT2D eigenvalue weighted by molar-refractivity contribution is 5.79. The quantitative estimate of drug-likeness (QED) is 0.770. The highest BCUT2D eigenvalue weighted by Gasteiger charge is 2.48. The molecule has 4 heteroatoms. The van der Waals surface area contributed by atoms with Crippen LogP contribution in [-0.2, 0) is 9.53 Å². The molecule has 2 aliphatic rings. The fourth-order valence-electron chi connectivity index (χ4n) is 2.55. The molecule has 2 fully saturated rings. The van der Waals surface area contributed by atoms with Gasteiger partial charge < -0.3 is 15.2 Å². The zero-order valence-electron chi connectivity index (χ0n) is 10.8. The molecule has 1 heterocycles. The predicted octanol–water partition coefficient (Wildman–Crippen LogP) is 1.79. The van der Waals surface area contributed by atoms with Crippen LogP contribution in [0, 0.1) is 5.92 Å². The van der Waals surface area contributed by atoms with Gasteiger partial charge in [0.15, 0.2) is 0 Å². The minimum Gasteiger partial charge on any atom is -0.480 e. The molecule has 4 nitrogen and oxygen atoms in total. The Hall–Kier alpha value is -0.610. The molecule has 1 saturated carbocycles. The lowest BCUT2D eigenvalue weighted by molar-refractivity contribution is -0.160. The van der Waals surface area contributed by atoms with E-state index in [-0.39, 0.29) is 5.60 Å². The van der Waals surface area contributed by atoms with Crippen molar-refractivity contribution < 1.29 is 14.6 Å². The number of hydrogen-bond acceptors (Lipinski definition) is 3. The zero-order chi connectivity index (χ0) is 12.5. The number of carboxylic acids is 1. The van der Waals surface area contributed by atoms with E-state index >= 15 is 0 Å². The van der Waals surface area contributed by atoms with Gasteiger partial charge in [-0.2, -0.15) is 0 Å². The maximum absolute atomic E-state index is 11.6. The van der Waals surface area contributed by atoms with Crippen LogP contribution in [0.15, 0.2) is 0 Å². The molecule has 0 radical (unpaired) electrons. The summed E-state index contributed by atoms with van der Waals surface area (Å²) in [5.41, 5.74) is -1.07.